The quantitative estimate of drug-likeness (QED) is 0.732. The molecule has 1 saturated carbocycles. The zero-order valence-corrected chi connectivity index (χ0v) is 14.6. The average molecular weight is 326 g/mol. The van der Waals surface area contributed by atoms with Crippen LogP contribution in [-0.4, -0.2) is 10.2 Å². The van der Waals surface area contributed by atoms with Gasteiger partial charge in [-0.2, -0.15) is 0 Å². The van der Waals surface area contributed by atoms with Gasteiger partial charge in [0.15, 0.2) is 0 Å². The molecule has 2 N–H and O–H groups in total. The Morgan fingerprint density at radius 1 is 1.00 bits per heavy atom. The molecule has 2 unspecified atom stereocenters. The van der Waals surface area contributed by atoms with Gasteiger partial charge in [-0.15, -0.1) is 0 Å². The molecular formula is C21H26O3. The minimum atomic E-state index is 0.0320. The van der Waals surface area contributed by atoms with Gasteiger partial charge in [-0.05, 0) is 61.1 Å². The lowest BCUT2D eigenvalue weighted by Gasteiger charge is -2.36. The highest BCUT2D eigenvalue weighted by molar-refractivity contribution is 5.49. The van der Waals surface area contributed by atoms with Gasteiger partial charge in [-0.25, -0.2) is 0 Å². The predicted octanol–water partition coefficient (Wildman–Crippen LogP) is 5.45. The van der Waals surface area contributed by atoms with E-state index in [1.165, 1.54) is 6.42 Å². The highest BCUT2D eigenvalue weighted by Crippen LogP contribution is 2.54. The van der Waals surface area contributed by atoms with Crippen LogP contribution in [-0.2, 0) is 0 Å². The van der Waals surface area contributed by atoms with Gasteiger partial charge in [-0.1, -0.05) is 32.4 Å². The summed E-state index contributed by atoms with van der Waals surface area (Å²) in [7, 11) is 0. The third-order valence-corrected chi connectivity index (χ3v) is 5.16. The Balaban J connectivity index is 0.000000815. The summed E-state index contributed by atoms with van der Waals surface area (Å²) in [5.74, 6) is 2.43. The van der Waals surface area contributed by atoms with Crippen molar-refractivity contribution in [3.8, 4) is 17.2 Å². The molecule has 0 spiro atoms. The standard InChI is InChI=1S/C19H20O3.C2H6/c1-11-9-18-16(10-17(11)21)14-3-2-4-15(14)19(22-18)12-5-7-13(20)8-6-12;1-2/h5-10,14-15,19-21H,2-4H2,1H3;1-2H3/t14?,15?,19-;/m0./s1. The van der Waals surface area contributed by atoms with E-state index in [9.17, 15) is 10.2 Å². The number of ether oxygens (including phenoxy) is 1. The zero-order valence-electron chi connectivity index (χ0n) is 14.6. The molecule has 1 aliphatic heterocycles. The van der Waals surface area contributed by atoms with Crippen molar-refractivity contribution in [3.63, 3.8) is 0 Å². The summed E-state index contributed by atoms with van der Waals surface area (Å²) in [4.78, 5) is 0. The first-order chi connectivity index (χ1) is 11.6. The molecule has 1 aliphatic carbocycles. The van der Waals surface area contributed by atoms with Crippen LogP contribution in [0.25, 0.3) is 0 Å². The third kappa shape index (κ3) is 2.83. The largest absolute Gasteiger partial charge is 0.508 e. The number of aromatic hydroxyl groups is 2. The second kappa shape index (κ2) is 6.76. The van der Waals surface area contributed by atoms with Crippen molar-refractivity contribution in [3.05, 3.63) is 53.1 Å². The van der Waals surface area contributed by atoms with Crippen LogP contribution >= 0.6 is 0 Å². The van der Waals surface area contributed by atoms with Gasteiger partial charge >= 0.3 is 0 Å². The molecule has 3 nitrogen and oxygen atoms in total. The van der Waals surface area contributed by atoms with Crippen molar-refractivity contribution in [2.24, 2.45) is 5.92 Å². The van der Waals surface area contributed by atoms with Crippen molar-refractivity contribution in [2.45, 2.75) is 52.1 Å². The smallest absolute Gasteiger partial charge is 0.127 e. The normalized spacial score (nSPS) is 24.2. The van der Waals surface area contributed by atoms with Gasteiger partial charge in [0.2, 0.25) is 0 Å². The van der Waals surface area contributed by atoms with Crippen LogP contribution in [0.5, 0.6) is 17.2 Å². The van der Waals surface area contributed by atoms with Gasteiger partial charge in [0.25, 0.3) is 0 Å². The first kappa shape index (κ1) is 16.7. The van der Waals surface area contributed by atoms with Crippen molar-refractivity contribution in [1.29, 1.82) is 0 Å². The monoisotopic (exact) mass is 326 g/mol. The van der Waals surface area contributed by atoms with E-state index in [1.54, 1.807) is 12.1 Å². The lowest BCUT2D eigenvalue weighted by molar-refractivity contribution is 0.104. The lowest BCUT2D eigenvalue weighted by Crippen LogP contribution is -2.26. The first-order valence-electron chi connectivity index (χ1n) is 8.92. The number of hydrogen-bond donors (Lipinski definition) is 2. The molecule has 0 radical (unpaired) electrons. The summed E-state index contributed by atoms with van der Waals surface area (Å²) in [6.07, 6.45) is 3.52. The fourth-order valence-electron chi connectivity index (χ4n) is 4.02. The van der Waals surface area contributed by atoms with Crippen molar-refractivity contribution in [2.75, 3.05) is 0 Å². The maximum absolute atomic E-state index is 10.0. The Hall–Kier alpha value is -2.16. The zero-order chi connectivity index (χ0) is 17.3. The van der Waals surface area contributed by atoms with E-state index in [0.717, 1.165) is 35.3 Å². The van der Waals surface area contributed by atoms with Crippen molar-refractivity contribution < 1.29 is 14.9 Å². The second-order valence-electron chi connectivity index (χ2n) is 6.51. The van der Waals surface area contributed by atoms with Gasteiger partial charge < -0.3 is 14.9 Å². The van der Waals surface area contributed by atoms with Crippen LogP contribution < -0.4 is 4.74 Å². The molecule has 0 bridgehead atoms. The second-order valence-corrected chi connectivity index (χ2v) is 6.51. The third-order valence-electron chi connectivity index (χ3n) is 5.16. The number of benzene rings is 2. The minimum Gasteiger partial charge on any atom is -0.508 e. The highest BCUT2D eigenvalue weighted by Gasteiger charge is 2.42. The topological polar surface area (TPSA) is 49.7 Å². The van der Waals surface area contributed by atoms with Crippen LogP contribution in [0, 0.1) is 12.8 Å². The number of hydrogen-bond acceptors (Lipinski definition) is 3. The fourth-order valence-corrected chi connectivity index (χ4v) is 4.02. The Labute approximate surface area is 143 Å². The maximum Gasteiger partial charge on any atom is 0.127 e. The van der Waals surface area contributed by atoms with Gasteiger partial charge in [0, 0.05) is 11.5 Å². The minimum absolute atomic E-state index is 0.0320. The predicted molar refractivity (Wildman–Crippen MR) is 95.7 cm³/mol. The molecule has 1 heterocycles. The van der Waals surface area contributed by atoms with E-state index >= 15 is 0 Å². The summed E-state index contributed by atoms with van der Waals surface area (Å²) in [6.45, 7) is 5.90. The van der Waals surface area contributed by atoms with E-state index in [-0.39, 0.29) is 11.9 Å². The molecule has 2 aromatic carbocycles. The molecule has 3 heteroatoms. The number of fused-ring (bicyclic) bond motifs is 3. The van der Waals surface area contributed by atoms with E-state index in [1.807, 2.05) is 45.0 Å². The number of phenols is 2. The van der Waals surface area contributed by atoms with Crippen LogP contribution in [0.3, 0.4) is 0 Å². The van der Waals surface area contributed by atoms with E-state index in [2.05, 4.69) is 0 Å². The molecule has 0 amide bonds. The Kier molecular flexibility index (Phi) is 4.70. The first-order valence-corrected chi connectivity index (χ1v) is 8.92. The molecule has 4 rings (SSSR count). The molecule has 0 saturated heterocycles. The molecule has 2 aromatic rings. The molecule has 0 aromatic heterocycles. The van der Waals surface area contributed by atoms with Crippen LogP contribution in [0.2, 0.25) is 0 Å². The van der Waals surface area contributed by atoms with Crippen LogP contribution in [0.15, 0.2) is 36.4 Å². The SMILES string of the molecule is CC.Cc1cc2c(cc1O)C1CCCC1[C@H](c1ccc(O)cc1)O2. The molecule has 2 aliphatic rings. The van der Waals surface area contributed by atoms with E-state index in [4.69, 9.17) is 4.74 Å². The summed E-state index contributed by atoms with van der Waals surface area (Å²) in [6, 6.07) is 11.2. The maximum atomic E-state index is 10.0. The fraction of sp³-hybridized carbons (Fsp3) is 0.429. The van der Waals surface area contributed by atoms with E-state index < -0.39 is 0 Å². The van der Waals surface area contributed by atoms with Crippen molar-refractivity contribution in [1.82, 2.24) is 0 Å². The molecular weight excluding hydrogens is 300 g/mol. The number of rotatable bonds is 1. The van der Waals surface area contributed by atoms with Gasteiger partial charge in [0.1, 0.15) is 23.4 Å². The summed E-state index contributed by atoms with van der Waals surface area (Å²) in [5.41, 5.74) is 3.12. The molecule has 128 valence electrons. The Bertz CT molecular complexity index is 706. The lowest BCUT2D eigenvalue weighted by atomic mass is 9.79. The summed E-state index contributed by atoms with van der Waals surface area (Å²) < 4.78 is 6.31. The van der Waals surface area contributed by atoms with Crippen LogP contribution in [0.4, 0.5) is 0 Å². The van der Waals surface area contributed by atoms with Crippen molar-refractivity contribution >= 4 is 0 Å². The van der Waals surface area contributed by atoms with Crippen LogP contribution in [0.1, 0.15) is 61.8 Å². The average Bonchev–Trinajstić information content (AvgIpc) is 3.08. The van der Waals surface area contributed by atoms with Gasteiger partial charge in [-0.3, -0.25) is 0 Å². The Morgan fingerprint density at radius 3 is 2.42 bits per heavy atom. The summed E-state index contributed by atoms with van der Waals surface area (Å²) in [5, 5.41) is 19.5. The highest BCUT2D eigenvalue weighted by atomic mass is 16.5. The number of aryl methyl sites for hydroxylation is 1. The Morgan fingerprint density at radius 2 is 1.71 bits per heavy atom. The number of phenolic OH excluding ortho intramolecular Hbond substituents is 2. The molecule has 1 fully saturated rings. The van der Waals surface area contributed by atoms with Gasteiger partial charge in [0.05, 0.1) is 0 Å². The van der Waals surface area contributed by atoms with E-state index in [0.29, 0.717) is 17.6 Å². The molecule has 24 heavy (non-hydrogen) atoms. The molecule has 3 atom stereocenters. The summed E-state index contributed by atoms with van der Waals surface area (Å²) >= 11 is 0.